The van der Waals surface area contributed by atoms with Crippen LogP contribution in [-0.2, 0) is 4.74 Å². The summed E-state index contributed by atoms with van der Waals surface area (Å²) in [7, 11) is 6.23. The molecule has 4 nitrogen and oxygen atoms in total. The van der Waals surface area contributed by atoms with Crippen LogP contribution in [0.2, 0.25) is 0 Å². The van der Waals surface area contributed by atoms with Gasteiger partial charge in [-0.3, -0.25) is 0 Å². The highest BCUT2D eigenvalue weighted by atomic mass is 16.5. The number of quaternary nitrogens is 1. The predicted molar refractivity (Wildman–Crippen MR) is 61.3 cm³/mol. The molecule has 0 aliphatic rings. The van der Waals surface area contributed by atoms with Crippen molar-refractivity contribution < 1.29 is 14.0 Å². The molecule has 1 atom stereocenters. The van der Waals surface area contributed by atoms with E-state index < -0.39 is 6.09 Å². The maximum Gasteiger partial charge on any atom is 0.407 e. The molecule has 1 unspecified atom stereocenters. The molecular weight excluding hydrogens is 192 g/mol. The minimum atomic E-state index is -0.400. The van der Waals surface area contributed by atoms with E-state index in [-0.39, 0.29) is 12.6 Å². The van der Waals surface area contributed by atoms with Crippen LogP contribution in [0.15, 0.2) is 12.7 Å². The fourth-order valence-electron chi connectivity index (χ4n) is 0.914. The van der Waals surface area contributed by atoms with Crippen LogP contribution in [0.3, 0.4) is 0 Å². The van der Waals surface area contributed by atoms with Crippen LogP contribution >= 0.6 is 0 Å². The van der Waals surface area contributed by atoms with E-state index >= 15 is 0 Å². The third-order valence-corrected chi connectivity index (χ3v) is 2.17. The highest BCUT2D eigenvalue weighted by Gasteiger charge is 2.17. The van der Waals surface area contributed by atoms with E-state index in [1.165, 1.54) is 6.08 Å². The molecule has 15 heavy (non-hydrogen) atoms. The zero-order valence-electron chi connectivity index (χ0n) is 9.95. The summed E-state index contributed by atoms with van der Waals surface area (Å²) in [6.45, 7) is 8.32. The summed E-state index contributed by atoms with van der Waals surface area (Å²) >= 11 is 0. The van der Waals surface area contributed by atoms with Gasteiger partial charge in [0.1, 0.15) is 6.61 Å². The number of rotatable bonds is 6. The molecular formula is C11H22N2O2+. The Morgan fingerprint density at radius 1 is 1.53 bits per heavy atom. The largest absolute Gasteiger partial charge is 0.445 e. The number of alkyl carbamates (subject to hydrolysis) is 1. The highest BCUT2D eigenvalue weighted by Crippen LogP contribution is 2.04. The lowest BCUT2D eigenvalue weighted by molar-refractivity contribution is -0.889. The molecule has 0 saturated carbocycles. The molecule has 0 aromatic heterocycles. The van der Waals surface area contributed by atoms with Crippen molar-refractivity contribution in [2.24, 2.45) is 0 Å². The van der Waals surface area contributed by atoms with Crippen molar-refractivity contribution >= 4 is 6.09 Å². The molecule has 87 valence electrons. The van der Waals surface area contributed by atoms with E-state index in [2.05, 4.69) is 40.0 Å². The van der Waals surface area contributed by atoms with Crippen molar-refractivity contribution in [2.75, 3.05) is 34.3 Å². The van der Waals surface area contributed by atoms with E-state index in [9.17, 15) is 4.79 Å². The lowest BCUT2D eigenvalue weighted by atomic mass is 10.2. The molecule has 1 radical (unpaired) electrons. The second-order valence-electron chi connectivity index (χ2n) is 4.37. The number of carbonyl (C=O) groups is 1. The van der Waals surface area contributed by atoms with Crippen molar-refractivity contribution in [3.8, 4) is 0 Å². The van der Waals surface area contributed by atoms with Crippen LogP contribution in [0, 0.1) is 6.92 Å². The fourth-order valence-corrected chi connectivity index (χ4v) is 0.914. The smallest absolute Gasteiger partial charge is 0.407 e. The quantitative estimate of drug-likeness (QED) is 0.533. The molecule has 0 aliphatic heterocycles. The van der Waals surface area contributed by atoms with E-state index in [4.69, 9.17) is 4.74 Å². The van der Waals surface area contributed by atoms with E-state index in [0.717, 1.165) is 10.9 Å². The zero-order valence-corrected chi connectivity index (χ0v) is 9.95. The average Bonchev–Trinajstić information content (AvgIpc) is 2.13. The average molecular weight is 214 g/mol. The zero-order chi connectivity index (χ0) is 11.9. The van der Waals surface area contributed by atoms with Crippen molar-refractivity contribution in [1.29, 1.82) is 0 Å². The molecule has 0 aromatic rings. The summed E-state index contributed by atoms with van der Waals surface area (Å²) in [6, 6.07) is 0.254. The first-order chi connectivity index (χ1) is 6.88. The molecule has 0 bridgehead atoms. The Kier molecular flexibility index (Phi) is 6.01. The van der Waals surface area contributed by atoms with Gasteiger partial charge in [-0.25, -0.2) is 4.79 Å². The lowest BCUT2D eigenvalue weighted by Crippen LogP contribution is -2.45. The predicted octanol–water partition coefficient (Wildman–Crippen LogP) is 1.20. The molecule has 1 N–H and O–H groups in total. The SMILES string of the molecule is [CH2]C(CCNC(=O)OCC=C)[N+](C)(C)C. The summed E-state index contributed by atoms with van der Waals surface area (Å²) in [5.41, 5.74) is 0. The van der Waals surface area contributed by atoms with Crippen LogP contribution < -0.4 is 5.32 Å². The first kappa shape index (κ1) is 14.0. The topological polar surface area (TPSA) is 38.3 Å². The Labute approximate surface area is 92.5 Å². The van der Waals surface area contributed by atoms with Crippen LogP contribution in [0.1, 0.15) is 6.42 Å². The van der Waals surface area contributed by atoms with Gasteiger partial charge >= 0.3 is 6.09 Å². The summed E-state index contributed by atoms with van der Waals surface area (Å²) in [5.74, 6) is 0. The van der Waals surface area contributed by atoms with Gasteiger partial charge in [-0.15, -0.1) is 0 Å². The minimum Gasteiger partial charge on any atom is -0.445 e. The number of nitrogens with one attached hydrogen (secondary N) is 1. The first-order valence-corrected chi connectivity index (χ1v) is 5.03. The molecule has 0 fully saturated rings. The normalized spacial score (nSPS) is 13.1. The molecule has 0 saturated heterocycles. The Hall–Kier alpha value is -1.03. The van der Waals surface area contributed by atoms with E-state index in [1.54, 1.807) is 0 Å². The number of hydrogen-bond acceptors (Lipinski definition) is 2. The van der Waals surface area contributed by atoms with Gasteiger partial charge in [-0.05, 0) is 0 Å². The van der Waals surface area contributed by atoms with Gasteiger partial charge in [0.05, 0.1) is 27.2 Å². The number of nitrogens with zero attached hydrogens (tertiary/aromatic N) is 1. The van der Waals surface area contributed by atoms with Crippen molar-refractivity contribution in [3.63, 3.8) is 0 Å². The van der Waals surface area contributed by atoms with Crippen LogP contribution in [0.5, 0.6) is 0 Å². The van der Waals surface area contributed by atoms with E-state index in [0.29, 0.717) is 6.54 Å². The highest BCUT2D eigenvalue weighted by molar-refractivity contribution is 5.67. The second-order valence-corrected chi connectivity index (χ2v) is 4.37. The number of ether oxygens (including phenoxy) is 1. The monoisotopic (exact) mass is 214 g/mol. The molecule has 4 heteroatoms. The van der Waals surface area contributed by atoms with Gasteiger partial charge in [0.15, 0.2) is 0 Å². The summed E-state index contributed by atoms with van der Waals surface area (Å²) in [5, 5.41) is 2.66. The standard InChI is InChI=1S/C11H21N2O2/c1-6-9-15-11(14)12-8-7-10(2)13(3,4)5/h6,10H,1-2,7-9H2,3-5H3/p+1. The van der Waals surface area contributed by atoms with Crippen LogP contribution in [0.25, 0.3) is 0 Å². The van der Waals surface area contributed by atoms with Crippen molar-refractivity contribution in [3.05, 3.63) is 19.6 Å². The maximum atomic E-state index is 11.0. The lowest BCUT2D eigenvalue weighted by Gasteiger charge is -2.31. The number of carbonyl (C=O) groups excluding carboxylic acids is 1. The first-order valence-electron chi connectivity index (χ1n) is 5.03. The summed E-state index contributed by atoms with van der Waals surface area (Å²) < 4.78 is 5.55. The molecule has 0 aliphatic carbocycles. The Morgan fingerprint density at radius 2 is 2.13 bits per heavy atom. The van der Waals surface area contributed by atoms with Crippen molar-refractivity contribution in [1.82, 2.24) is 5.32 Å². The third kappa shape index (κ3) is 6.96. The van der Waals surface area contributed by atoms with Gasteiger partial charge in [0.25, 0.3) is 0 Å². The molecule has 1 amide bonds. The van der Waals surface area contributed by atoms with Gasteiger partial charge in [0, 0.05) is 19.9 Å². The molecule has 0 rings (SSSR count). The number of hydrogen-bond donors (Lipinski definition) is 1. The molecule has 0 spiro atoms. The maximum absolute atomic E-state index is 11.0. The van der Waals surface area contributed by atoms with Crippen molar-refractivity contribution in [2.45, 2.75) is 12.5 Å². The summed E-state index contributed by atoms with van der Waals surface area (Å²) in [4.78, 5) is 11.0. The van der Waals surface area contributed by atoms with Gasteiger partial charge in [-0.2, -0.15) is 0 Å². The van der Waals surface area contributed by atoms with Gasteiger partial charge < -0.3 is 14.5 Å². The second kappa shape index (κ2) is 6.45. The fraction of sp³-hybridized carbons (Fsp3) is 0.636. The Morgan fingerprint density at radius 3 is 2.60 bits per heavy atom. The molecule has 0 aromatic carbocycles. The van der Waals surface area contributed by atoms with Crippen LogP contribution in [-0.4, -0.2) is 50.9 Å². The summed E-state index contributed by atoms with van der Waals surface area (Å²) in [6.07, 6.45) is 1.96. The third-order valence-electron chi connectivity index (χ3n) is 2.17. The minimum absolute atomic E-state index is 0.245. The van der Waals surface area contributed by atoms with Gasteiger partial charge in [0.2, 0.25) is 0 Å². The van der Waals surface area contributed by atoms with Gasteiger partial charge in [-0.1, -0.05) is 12.7 Å². The van der Waals surface area contributed by atoms with Crippen LogP contribution in [0.4, 0.5) is 4.79 Å². The Balaban J connectivity index is 3.61. The molecule has 0 heterocycles. The number of amides is 1. The Bertz CT molecular complexity index is 209. The van der Waals surface area contributed by atoms with E-state index in [1.807, 2.05) is 0 Å².